The first-order valence-corrected chi connectivity index (χ1v) is 10.1. The number of hydrogen-bond donors (Lipinski definition) is 1. The van der Waals surface area contributed by atoms with Crippen LogP contribution >= 0.6 is 11.6 Å². The number of H-pyrrole nitrogens is 1. The quantitative estimate of drug-likeness (QED) is 0.694. The second-order valence-corrected chi connectivity index (χ2v) is 8.05. The third-order valence-electron chi connectivity index (χ3n) is 5.54. The normalized spacial score (nSPS) is 14.1. The van der Waals surface area contributed by atoms with Crippen LogP contribution in [0.2, 0.25) is 5.02 Å². The molecule has 2 aromatic carbocycles. The highest BCUT2D eigenvalue weighted by atomic mass is 35.5. The Bertz CT molecular complexity index is 1030. The van der Waals surface area contributed by atoms with Crippen LogP contribution in [-0.4, -0.2) is 35.5 Å². The van der Waals surface area contributed by atoms with E-state index in [1.165, 1.54) is 27.7 Å². The summed E-state index contributed by atoms with van der Waals surface area (Å²) in [6.07, 6.45) is 1.71. The molecule has 0 atom stereocenters. The van der Waals surface area contributed by atoms with Crippen molar-refractivity contribution < 1.29 is 9.53 Å². The van der Waals surface area contributed by atoms with E-state index >= 15 is 0 Å². The van der Waals surface area contributed by atoms with E-state index in [0.717, 1.165) is 35.5 Å². The van der Waals surface area contributed by atoms with Crippen molar-refractivity contribution in [2.24, 2.45) is 0 Å². The molecule has 1 aliphatic rings. The van der Waals surface area contributed by atoms with Gasteiger partial charge in [-0.15, -0.1) is 0 Å². The van der Waals surface area contributed by atoms with Gasteiger partial charge in [-0.3, -0.25) is 4.79 Å². The van der Waals surface area contributed by atoms with Crippen LogP contribution < -0.4 is 4.74 Å². The summed E-state index contributed by atoms with van der Waals surface area (Å²) >= 11 is 6.20. The van der Waals surface area contributed by atoms with Crippen LogP contribution in [0.5, 0.6) is 5.75 Å². The summed E-state index contributed by atoms with van der Waals surface area (Å²) in [4.78, 5) is 18.2. The molecule has 0 saturated carbocycles. The number of aromatic nitrogens is 1. The molecule has 0 radical (unpaired) electrons. The van der Waals surface area contributed by atoms with E-state index < -0.39 is 0 Å². The predicted octanol–water partition coefficient (Wildman–Crippen LogP) is 4.75. The molecule has 0 saturated heterocycles. The van der Waals surface area contributed by atoms with E-state index in [0.29, 0.717) is 12.3 Å². The van der Waals surface area contributed by atoms with Crippen LogP contribution in [0.1, 0.15) is 27.9 Å². The maximum absolute atomic E-state index is 12.7. The van der Waals surface area contributed by atoms with E-state index in [4.69, 9.17) is 16.3 Å². The smallest absolute Gasteiger partial charge is 0.260 e. The number of hydrogen-bond acceptors (Lipinski definition) is 2. The number of carbonyl (C=O) groups excluding carboxylic acids is 1. The lowest BCUT2D eigenvalue weighted by molar-refractivity contribution is -0.133. The zero-order valence-corrected chi connectivity index (χ0v) is 17.3. The molecule has 3 aromatic rings. The summed E-state index contributed by atoms with van der Waals surface area (Å²) in [5.74, 6) is 0.713. The fourth-order valence-corrected chi connectivity index (χ4v) is 4.11. The van der Waals surface area contributed by atoms with Crippen LogP contribution in [-0.2, 0) is 17.6 Å². The van der Waals surface area contributed by atoms with Crippen molar-refractivity contribution in [1.82, 2.24) is 9.88 Å². The Morgan fingerprint density at radius 2 is 1.82 bits per heavy atom. The number of rotatable bonds is 3. The minimum atomic E-state index is 0.0240. The molecule has 4 rings (SSSR count). The van der Waals surface area contributed by atoms with Gasteiger partial charge in [0.15, 0.2) is 6.61 Å². The molecule has 0 aliphatic carbocycles. The Balaban J connectivity index is 1.43. The molecule has 0 fully saturated rings. The fraction of sp³-hybridized carbons (Fsp3) is 0.348. The van der Waals surface area contributed by atoms with E-state index in [-0.39, 0.29) is 12.5 Å². The second-order valence-electron chi connectivity index (χ2n) is 7.67. The van der Waals surface area contributed by atoms with Crippen LogP contribution in [0.15, 0.2) is 30.3 Å². The summed E-state index contributed by atoms with van der Waals surface area (Å²) in [6.45, 7) is 7.47. The van der Waals surface area contributed by atoms with E-state index in [2.05, 4.69) is 30.1 Å². The monoisotopic (exact) mass is 396 g/mol. The summed E-state index contributed by atoms with van der Waals surface area (Å²) in [7, 11) is 0. The molecule has 1 aromatic heterocycles. The standard InChI is InChI=1S/C23H25ClN2O2/c1-14-4-5-20-19(10-14)18-6-8-26(9-7-21(18)25-20)22(27)13-28-17-11-15(2)23(24)16(3)12-17/h4-5,10-12,25H,6-9,13H2,1-3H3. The summed E-state index contributed by atoms with van der Waals surface area (Å²) in [6, 6.07) is 10.3. The lowest BCUT2D eigenvalue weighted by atomic mass is 10.1. The van der Waals surface area contributed by atoms with Crippen molar-refractivity contribution >= 4 is 28.4 Å². The number of fused-ring (bicyclic) bond motifs is 3. The van der Waals surface area contributed by atoms with Crippen molar-refractivity contribution in [3.63, 3.8) is 0 Å². The zero-order valence-electron chi connectivity index (χ0n) is 16.6. The van der Waals surface area contributed by atoms with E-state index in [1.54, 1.807) is 0 Å². The van der Waals surface area contributed by atoms with Gasteiger partial charge in [-0.05, 0) is 68.1 Å². The van der Waals surface area contributed by atoms with Crippen LogP contribution in [0.25, 0.3) is 10.9 Å². The van der Waals surface area contributed by atoms with Crippen molar-refractivity contribution in [3.8, 4) is 5.75 Å². The summed E-state index contributed by atoms with van der Waals surface area (Å²) in [5.41, 5.74) is 6.96. The number of ether oxygens (including phenoxy) is 1. The van der Waals surface area contributed by atoms with Crippen molar-refractivity contribution in [3.05, 3.63) is 63.3 Å². The number of benzene rings is 2. The Hall–Kier alpha value is -2.46. The highest BCUT2D eigenvalue weighted by Crippen LogP contribution is 2.28. The number of aromatic amines is 1. The van der Waals surface area contributed by atoms with Gasteiger partial charge in [-0.2, -0.15) is 0 Å². The Kier molecular flexibility index (Phi) is 5.07. The van der Waals surface area contributed by atoms with Gasteiger partial charge in [0, 0.05) is 41.1 Å². The van der Waals surface area contributed by atoms with Gasteiger partial charge in [0.2, 0.25) is 0 Å². The van der Waals surface area contributed by atoms with E-state index in [9.17, 15) is 4.79 Å². The van der Waals surface area contributed by atoms with Gasteiger partial charge in [0.05, 0.1) is 0 Å². The minimum Gasteiger partial charge on any atom is -0.484 e. The number of amides is 1. The Morgan fingerprint density at radius 3 is 2.57 bits per heavy atom. The number of aryl methyl sites for hydroxylation is 3. The van der Waals surface area contributed by atoms with Crippen molar-refractivity contribution in [2.75, 3.05) is 19.7 Å². The van der Waals surface area contributed by atoms with Crippen LogP contribution in [0.4, 0.5) is 0 Å². The molecular formula is C23H25ClN2O2. The molecular weight excluding hydrogens is 372 g/mol. The van der Waals surface area contributed by atoms with Gasteiger partial charge >= 0.3 is 0 Å². The third kappa shape index (κ3) is 3.61. The SMILES string of the molecule is Cc1ccc2[nH]c3c(c2c1)CCN(C(=O)COc1cc(C)c(Cl)c(C)c1)CC3. The average Bonchev–Trinajstić information content (AvgIpc) is 2.86. The second kappa shape index (κ2) is 7.51. The number of nitrogens with one attached hydrogen (secondary N) is 1. The van der Waals surface area contributed by atoms with Crippen molar-refractivity contribution in [1.29, 1.82) is 0 Å². The largest absolute Gasteiger partial charge is 0.484 e. The molecule has 0 bridgehead atoms. The Labute approximate surface area is 170 Å². The summed E-state index contributed by atoms with van der Waals surface area (Å²) < 4.78 is 5.77. The maximum Gasteiger partial charge on any atom is 0.260 e. The van der Waals surface area contributed by atoms with Crippen molar-refractivity contribution in [2.45, 2.75) is 33.6 Å². The minimum absolute atomic E-state index is 0.0240. The predicted molar refractivity (Wildman–Crippen MR) is 113 cm³/mol. The molecule has 1 N–H and O–H groups in total. The van der Waals surface area contributed by atoms with Gasteiger partial charge in [-0.1, -0.05) is 23.2 Å². The Morgan fingerprint density at radius 1 is 1.11 bits per heavy atom. The molecule has 0 unspecified atom stereocenters. The lowest BCUT2D eigenvalue weighted by Gasteiger charge is -2.20. The van der Waals surface area contributed by atoms with Crippen LogP contribution in [0, 0.1) is 20.8 Å². The average molecular weight is 397 g/mol. The molecule has 5 heteroatoms. The highest BCUT2D eigenvalue weighted by molar-refractivity contribution is 6.32. The van der Waals surface area contributed by atoms with E-state index in [1.807, 2.05) is 30.9 Å². The fourth-order valence-electron chi connectivity index (χ4n) is 4.00. The molecule has 2 heterocycles. The van der Waals surface area contributed by atoms with Gasteiger partial charge in [0.25, 0.3) is 5.91 Å². The number of halogens is 1. The topological polar surface area (TPSA) is 45.3 Å². The van der Waals surface area contributed by atoms with Gasteiger partial charge in [-0.25, -0.2) is 0 Å². The molecule has 4 nitrogen and oxygen atoms in total. The third-order valence-corrected chi connectivity index (χ3v) is 6.13. The molecule has 1 aliphatic heterocycles. The highest BCUT2D eigenvalue weighted by Gasteiger charge is 2.22. The first-order chi connectivity index (χ1) is 13.4. The van der Waals surface area contributed by atoms with Crippen LogP contribution in [0.3, 0.4) is 0 Å². The molecule has 146 valence electrons. The van der Waals surface area contributed by atoms with Gasteiger partial charge in [0.1, 0.15) is 5.75 Å². The number of nitrogens with zero attached hydrogens (tertiary/aromatic N) is 1. The maximum atomic E-state index is 12.7. The first-order valence-electron chi connectivity index (χ1n) is 9.70. The number of carbonyl (C=O) groups is 1. The first kappa shape index (κ1) is 18.9. The molecule has 0 spiro atoms. The summed E-state index contributed by atoms with van der Waals surface area (Å²) in [5, 5.41) is 2.03. The molecule has 28 heavy (non-hydrogen) atoms. The van der Waals surface area contributed by atoms with Gasteiger partial charge < -0.3 is 14.6 Å². The molecule has 1 amide bonds. The lowest BCUT2D eigenvalue weighted by Crippen LogP contribution is -2.36. The zero-order chi connectivity index (χ0) is 19.8.